The van der Waals surface area contributed by atoms with E-state index in [4.69, 9.17) is 9.84 Å². The minimum atomic E-state index is -0.762. The first-order valence-electron chi connectivity index (χ1n) is 7.11. The van der Waals surface area contributed by atoms with Crippen LogP contribution in [0.3, 0.4) is 0 Å². The number of likely N-dealkylation sites (tertiary alicyclic amines) is 1. The molecule has 5 heteroatoms. The Kier molecular flexibility index (Phi) is 6.84. The highest BCUT2D eigenvalue weighted by Gasteiger charge is 2.28. The summed E-state index contributed by atoms with van der Waals surface area (Å²) in [6.45, 7) is 6.16. The van der Waals surface area contributed by atoms with Crippen LogP contribution in [0.4, 0.5) is 0 Å². The van der Waals surface area contributed by atoms with Gasteiger partial charge >= 0.3 is 5.97 Å². The Hall–Kier alpha value is -1.10. The van der Waals surface area contributed by atoms with Crippen LogP contribution in [0.15, 0.2) is 0 Å². The van der Waals surface area contributed by atoms with Crippen molar-refractivity contribution in [3.8, 4) is 0 Å². The number of carboxylic acids is 1. The zero-order valence-electron chi connectivity index (χ0n) is 11.9. The third kappa shape index (κ3) is 5.59. The molecule has 0 spiro atoms. The molecule has 1 aliphatic rings. The van der Waals surface area contributed by atoms with Crippen molar-refractivity contribution in [3.63, 3.8) is 0 Å². The summed E-state index contributed by atoms with van der Waals surface area (Å²) in [5, 5.41) is 8.83. The summed E-state index contributed by atoms with van der Waals surface area (Å²) in [6, 6.07) is 0. The molecule has 0 aromatic heterocycles. The van der Waals surface area contributed by atoms with Crippen molar-refractivity contribution < 1.29 is 19.4 Å². The van der Waals surface area contributed by atoms with Gasteiger partial charge in [-0.3, -0.25) is 9.59 Å². The molecule has 0 aromatic carbocycles. The van der Waals surface area contributed by atoms with Gasteiger partial charge in [0.2, 0.25) is 5.91 Å². The molecule has 19 heavy (non-hydrogen) atoms. The molecule has 1 aliphatic heterocycles. The van der Waals surface area contributed by atoms with Crippen LogP contribution >= 0.6 is 0 Å². The molecule has 0 saturated carbocycles. The molecule has 2 unspecified atom stereocenters. The van der Waals surface area contributed by atoms with E-state index in [2.05, 4.69) is 0 Å². The summed E-state index contributed by atoms with van der Waals surface area (Å²) < 4.78 is 5.27. The Morgan fingerprint density at radius 1 is 1.47 bits per heavy atom. The molecule has 1 saturated heterocycles. The van der Waals surface area contributed by atoms with Crippen molar-refractivity contribution in [1.29, 1.82) is 0 Å². The molecular weight excluding hydrogens is 246 g/mol. The summed E-state index contributed by atoms with van der Waals surface area (Å²) >= 11 is 0. The third-order valence-corrected chi connectivity index (χ3v) is 3.69. The fourth-order valence-electron chi connectivity index (χ4n) is 2.54. The predicted octanol–water partition coefficient (Wildman–Crippen LogP) is 1.76. The lowest BCUT2D eigenvalue weighted by molar-refractivity contribution is -0.139. The molecule has 2 atom stereocenters. The maximum atomic E-state index is 11.9. The van der Waals surface area contributed by atoms with Gasteiger partial charge in [-0.2, -0.15) is 0 Å². The number of carbonyl (C=O) groups excluding carboxylic acids is 1. The number of carboxylic acid groups (broad SMARTS) is 1. The van der Waals surface area contributed by atoms with Gasteiger partial charge in [-0.25, -0.2) is 0 Å². The topological polar surface area (TPSA) is 66.8 Å². The summed E-state index contributed by atoms with van der Waals surface area (Å²) in [6.07, 6.45) is 3.05. The number of rotatable bonds is 7. The van der Waals surface area contributed by atoms with Crippen molar-refractivity contribution in [2.75, 3.05) is 26.3 Å². The largest absolute Gasteiger partial charge is 0.481 e. The molecule has 1 amide bonds. The highest BCUT2D eigenvalue weighted by molar-refractivity contribution is 5.77. The van der Waals surface area contributed by atoms with Crippen LogP contribution in [0.5, 0.6) is 0 Å². The lowest BCUT2D eigenvalue weighted by Gasteiger charge is -2.35. The first kappa shape index (κ1) is 16.0. The normalized spacial score (nSPS) is 21.2. The Balaban J connectivity index is 2.40. The first-order chi connectivity index (χ1) is 9.04. The number of aliphatic carboxylic acids is 1. The van der Waals surface area contributed by atoms with Crippen molar-refractivity contribution in [1.82, 2.24) is 4.90 Å². The summed E-state index contributed by atoms with van der Waals surface area (Å²) in [5.74, 6) is -0.326. The maximum absolute atomic E-state index is 11.9. The Morgan fingerprint density at radius 3 is 2.84 bits per heavy atom. The smallest absolute Gasteiger partial charge is 0.303 e. The van der Waals surface area contributed by atoms with E-state index >= 15 is 0 Å². The van der Waals surface area contributed by atoms with Gasteiger partial charge in [0.1, 0.15) is 6.61 Å². The number of nitrogens with zero attached hydrogens (tertiary/aromatic N) is 1. The Labute approximate surface area is 114 Å². The van der Waals surface area contributed by atoms with Gasteiger partial charge < -0.3 is 14.7 Å². The summed E-state index contributed by atoms with van der Waals surface area (Å²) in [5.41, 5.74) is 0. The predicted molar refractivity (Wildman–Crippen MR) is 71.8 cm³/mol. The van der Waals surface area contributed by atoms with Gasteiger partial charge in [0.05, 0.1) is 0 Å². The number of hydrogen-bond donors (Lipinski definition) is 1. The van der Waals surface area contributed by atoms with Crippen molar-refractivity contribution in [3.05, 3.63) is 0 Å². The second-order valence-corrected chi connectivity index (χ2v) is 5.37. The molecule has 1 fully saturated rings. The van der Waals surface area contributed by atoms with Gasteiger partial charge in [-0.15, -0.1) is 0 Å². The average Bonchev–Trinajstić information content (AvgIpc) is 2.38. The SMILES string of the molecule is CCCOCC(=O)N1CCCC(C(C)CC(=O)O)C1. The van der Waals surface area contributed by atoms with Crippen LogP contribution in [0.1, 0.15) is 39.5 Å². The lowest BCUT2D eigenvalue weighted by Crippen LogP contribution is -2.43. The molecule has 1 rings (SSSR count). The van der Waals surface area contributed by atoms with Crippen LogP contribution in [0.25, 0.3) is 0 Å². The van der Waals surface area contributed by atoms with E-state index in [1.165, 1.54) is 0 Å². The van der Waals surface area contributed by atoms with Crippen molar-refractivity contribution >= 4 is 11.9 Å². The minimum absolute atomic E-state index is 0.0284. The van der Waals surface area contributed by atoms with Gasteiger partial charge in [-0.05, 0) is 31.1 Å². The van der Waals surface area contributed by atoms with E-state index in [1.807, 2.05) is 18.7 Å². The number of ether oxygens (including phenoxy) is 1. The quantitative estimate of drug-likeness (QED) is 0.716. The number of amides is 1. The fraction of sp³-hybridized carbons (Fsp3) is 0.857. The highest BCUT2D eigenvalue weighted by Crippen LogP contribution is 2.26. The summed E-state index contributed by atoms with van der Waals surface area (Å²) in [4.78, 5) is 24.5. The molecule has 0 aromatic rings. The molecule has 0 bridgehead atoms. The Bertz CT molecular complexity index is 306. The van der Waals surface area contributed by atoms with E-state index in [0.29, 0.717) is 19.1 Å². The van der Waals surface area contributed by atoms with E-state index in [9.17, 15) is 9.59 Å². The van der Waals surface area contributed by atoms with Gasteiger partial charge in [-0.1, -0.05) is 13.8 Å². The second-order valence-electron chi connectivity index (χ2n) is 5.37. The monoisotopic (exact) mass is 271 g/mol. The Morgan fingerprint density at radius 2 is 2.21 bits per heavy atom. The van der Waals surface area contributed by atoms with Crippen LogP contribution in [0, 0.1) is 11.8 Å². The van der Waals surface area contributed by atoms with Gasteiger partial charge in [0.25, 0.3) is 0 Å². The minimum Gasteiger partial charge on any atom is -0.481 e. The van der Waals surface area contributed by atoms with Crippen molar-refractivity contribution in [2.45, 2.75) is 39.5 Å². The third-order valence-electron chi connectivity index (χ3n) is 3.69. The molecule has 1 heterocycles. The average molecular weight is 271 g/mol. The number of carbonyl (C=O) groups is 2. The van der Waals surface area contributed by atoms with Crippen LogP contribution < -0.4 is 0 Å². The number of piperidine rings is 1. The van der Waals surface area contributed by atoms with Crippen LogP contribution in [-0.2, 0) is 14.3 Å². The lowest BCUT2D eigenvalue weighted by atomic mass is 9.84. The zero-order chi connectivity index (χ0) is 14.3. The molecular formula is C14H25NO4. The molecule has 0 radical (unpaired) electrons. The van der Waals surface area contributed by atoms with E-state index in [-0.39, 0.29) is 24.9 Å². The first-order valence-corrected chi connectivity index (χ1v) is 7.11. The molecule has 5 nitrogen and oxygen atoms in total. The molecule has 110 valence electrons. The summed E-state index contributed by atoms with van der Waals surface area (Å²) in [7, 11) is 0. The van der Waals surface area contributed by atoms with Crippen LogP contribution in [-0.4, -0.2) is 48.2 Å². The molecule has 1 N–H and O–H groups in total. The molecule has 0 aliphatic carbocycles. The van der Waals surface area contributed by atoms with Crippen LogP contribution in [0.2, 0.25) is 0 Å². The van der Waals surface area contributed by atoms with E-state index in [1.54, 1.807) is 0 Å². The van der Waals surface area contributed by atoms with Gasteiger partial charge in [0.15, 0.2) is 0 Å². The second kappa shape index (κ2) is 8.15. The number of hydrogen-bond acceptors (Lipinski definition) is 3. The maximum Gasteiger partial charge on any atom is 0.303 e. The zero-order valence-corrected chi connectivity index (χ0v) is 11.9. The standard InChI is InChI=1S/C14H25NO4/c1-3-7-19-10-13(16)15-6-4-5-12(9-15)11(2)8-14(17)18/h11-12H,3-10H2,1-2H3,(H,17,18). The fourth-order valence-corrected chi connectivity index (χ4v) is 2.54. The van der Waals surface area contributed by atoms with Gasteiger partial charge in [0, 0.05) is 26.1 Å². The van der Waals surface area contributed by atoms with E-state index in [0.717, 1.165) is 25.8 Å². The van der Waals surface area contributed by atoms with Crippen molar-refractivity contribution in [2.24, 2.45) is 11.8 Å². The highest BCUT2D eigenvalue weighted by atomic mass is 16.5. The van der Waals surface area contributed by atoms with E-state index < -0.39 is 5.97 Å².